The van der Waals surface area contributed by atoms with Crippen LogP contribution in [-0.2, 0) is 6.54 Å². The number of hydrogen-bond donors (Lipinski definition) is 2. The summed E-state index contributed by atoms with van der Waals surface area (Å²) in [5, 5.41) is 0. The molecule has 2 heterocycles. The summed E-state index contributed by atoms with van der Waals surface area (Å²) in [6.45, 7) is 4.89. The fourth-order valence-electron chi connectivity index (χ4n) is 2.27. The molecule has 0 saturated carbocycles. The molecule has 0 aliphatic heterocycles. The van der Waals surface area contributed by atoms with Crippen molar-refractivity contribution >= 4 is 16.7 Å². The number of rotatable bonds is 3. The van der Waals surface area contributed by atoms with Crippen LogP contribution in [0, 0.1) is 13.8 Å². The molecule has 0 aliphatic carbocycles. The molecule has 0 amide bonds. The first kappa shape index (κ1) is 12.6. The largest absolute Gasteiger partial charge is 0.324 e. The number of hydrazine groups is 1. The predicted molar refractivity (Wildman–Crippen MR) is 80.4 cm³/mol. The van der Waals surface area contributed by atoms with Gasteiger partial charge < -0.3 is 9.99 Å². The third-order valence-corrected chi connectivity index (χ3v) is 3.55. The molecule has 0 radical (unpaired) electrons. The first-order valence-corrected chi connectivity index (χ1v) is 6.51. The maximum absolute atomic E-state index is 5.42. The van der Waals surface area contributed by atoms with Gasteiger partial charge in [0.15, 0.2) is 0 Å². The number of pyridine rings is 1. The number of anilines is 1. The average Bonchev–Trinajstić information content (AvgIpc) is 2.82. The second-order valence-corrected chi connectivity index (χ2v) is 4.98. The Bertz CT molecular complexity index is 760. The van der Waals surface area contributed by atoms with Gasteiger partial charge in [-0.3, -0.25) is 10.8 Å². The molecule has 20 heavy (non-hydrogen) atoms. The van der Waals surface area contributed by atoms with Crippen LogP contribution in [-0.4, -0.2) is 14.5 Å². The Morgan fingerprint density at radius 3 is 2.75 bits per heavy atom. The van der Waals surface area contributed by atoms with Crippen molar-refractivity contribution in [2.24, 2.45) is 5.84 Å². The van der Waals surface area contributed by atoms with Crippen LogP contribution in [0.25, 0.3) is 11.0 Å². The molecule has 0 fully saturated rings. The Hall–Kier alpha value is -2.40. The summed E-state index contributed by atoms with van der Waals surface area (Å²) in [6, 6.07) is 8.06. The molecule has 0 bridgehead atoms. The van der Waals surface area contributed by atoms with E-state index in [0.717, 1.165) is 22.4 Å². The third kappa shape index (κ3) is 2.23. The molecule has 0 spiro atoms. The number of imidazole rings is 1. The van der Waals surface area contributed by atoms with E-state index >= 15 is 0 Å². The van der Waals surface area contributed by atoms with Gasteiger partial charge >= 0.3 is 0 Å². The van der Waals surface area contributed by atoms with Crippen LogP contribution in [0.3, 0.4) is 0 Å². The molecule has 3 N–H and O–H groups in total. The van der Waals surface area contributed by atoms with Crippen molar-refractivity contribution in [1.29, 1.82) is 0 Å². The van der Waals surface area contributed by atoms with Crippen molar-refractivity contribution in [3.63, 3.8) is 0 Å². The van der Waals surface area contributed by atoms with Crippen molar-refractivity contribution in [1.82, 2.24) is 14.5 Å². The summed E-state index contributed by atoms with van der Waals surface area (Å²) >= 11 is 0. The first-order valence-electron chi connectivity index (χ1n) is 6.51. The zero-order valence-corrected chi connectivity index (χ0v) is 11.6. The van der Waals surface area contributed by atoms with Gasteiger partial charge in [-0.1, -0.05) is 0 Å². The minimum atomic E-state index is 0.675. The van der Waals surface area contributed by atoms with Crippen molar-refractivity contribution in [3.8, 4) is 0 Å². The van der Waals surface area contributed by atoms with Gasteiger partial charge in [0.2, 0.25) is 0 Å². The summed E-state index contributed by atoms with van der Waals surface area (Å²) in [5.41, 5.74) is 9.10. The molecular weight excluding hydrogens is 250 g/mol. The Morgan fingerprint density at radius 2 is 1.95 bits per heavy atom. The molecule has 0 aliphatic rings. The van der Waals surface area contributed by atoms with E-state index in [9.17, 15) is 0 Å². The van der Waals surface area contributed by atoms with E-state index in [0.29, 0.717) is 6.54 Å². The Labute approximate surface area is 117 Å². The summed E-state index contributed by atoms with van der Waals surface area (Å²) < 4.78 is 2.10. The fourth-order valence-corrected chi connectivity index (χ4v) is 2.27. The number of nitrogens with zero attached hydrogens (tertiary/aromatic N) is 3. The van der Waals surface area contributed by atoms with Gasteiger partial charge in [0.1, 0.15) is 0 Å². The Morgan fingerprint density at radius 1 is 1.15 bits per heavy atom. The van der Waals surface area contributed by atoms with Crippen molar-refractivity contribution < 1.29 is 0 Å². The summed E-state index contributed by atoms with van der Waals surface area (Å²) in [5.74, 6) is 5.42. The van der Waals surface area contributed by atoms with Gasteiger partial charge in [0, 0.05) is 6.20 Å². The van der Waals surface area contributed by atoms with Crippen molar-refractivity contribution in [3.05, 3.63) is 53.6 Å². The van der Waals surface area contributed by atoms with E-state index in [1.165, 1.54) is 11.1 Å². The lowest BCUT2D eigenvalue weighted by Crippen LogP contribution is -2.08. The number of benzene rings is 1. The average molecular weight is 267 g/mol. The smallest absolute Gasteiger partial charge is 0.0962 e. The third-order valence-electron chi connectivity index (χ3n) is 3.55. The standard InChI is InChI=1S/C15H17N5/c1-10-5-14-15(6-11(10)2)20(9-18-14)8-13-7-12(19-16)3-4-17-13/h3-7,9H,8,16H2,1-2H3,(H,17,19). The minimum Gasteiger partial charge on any atom is -0.324 e. The number of aryl methyl sites for hydroxylation is 2. The van der Waals surface area contributed by atoms with Crippen LogP contribution in [0.5, 0.6) is 0 Å². The van der Waals surface area contributed by atoms with E-state index in [4.69, 9.17) is 5.84 Å². The van der Waals surface area contributed by atoms with E-state index in [-0.39, 0.29) is 0 Å². The van der Waals surface area contributed by atoms with Crippen LogP contribution >= 0.6 is 0 Å². The van der Waals surface area contributed by atoms with E-state index < -0.39 is 0 Å². The number of hydrogen-bond acceptors (Lipinski definition) is 4. The number of aromatic nitrogens is 3. The van der Waals surface area contributed by atoms with Gasteiger partial charge in [0.25, 0.3) is 0 Å². The molecule has 102 valence electrons. The fraction of sp³-hybridized carbons (Fsp3) is 0.200. The maximum Gasteiger partial charge on any atom is 0.0962 e. The van der Waals surface area contributed by atoms with E-state index in [1.54, 1.807) is 6.20 Å². The van der Waals surface area contributed by atoms with Crippen LogP contribution in [0.4, 0.5) is 5.69 Å². The van der Waals surface area contributed by atoms with Crippen molar-refractivity contribution in [2.75, 3.05) is 5.43 Å². The highest BCUT2D eigenvalue weighted by Gasteiger charge is 2.06. The molecule has 1 aromatic carbocycles. The molecule has 0 unspecified atom stereocenters. The Kier molecular flexibility index (Phi) is 3.12. The molecule has 2 aromatic heterocycles. The number of nitrogen functional groups attached to an aromatic ring is 1. The topological polar surface area (TPSA) is 68.8 Å². The van der Waals surface area contributed by atoms with E-state index in [1.807, 2.05) is 18.5 Å². The van der Waals surface area contributed by atoms with Crippen LogP contribution in [0.1, 0.15) is 16.8 Å². The lowest BCUT2D eigenvalue weighted by molar-refractivity contribution is 0.797. The Balaban J connectivity index is 2.00. The lowest BCUT2D eigenvalue weighted by atomic mass is 10.1. The van der Waals surface area contributed by atoms with Crippen LogP contribution in [0.2, 0.25) is 0 Å². The van der Waals surface area contributed by atoms with Gasteiger partial charge in [-0.2, -0.15) is 0 Å². The number of nitrogens with two attached hydrogens (primary N) is 1. The highest BCUT2D eigenvalue weighted by atomic mass is 15.2. The highest BCUT2D eigenvalue weighted by Crippen LogP contribution is 2.19. The van der Waals surface area contributed by atoms with Crippen LogP contribution in [0.15, 0.2) is 36.8 Å². The first-order chi connectivity index (χ1) is 9.67. The molecule has 3 aromatic rings. The second-order valence-electron chi connectivity index (χ2n) is 4.98. The summed E-state index contributed by atoms with van der Waals surface area (Å²) in [6.07, 6.45) is 3.60. The second kappa shape index (κ2) is 4.94. The molecule has 5 nitrogen and oxygen atoms in total. The zero-order chi connectivity index (χ0) is 14.1. The number of nitrogens with one attached hydrogen (secondary N) is 1. The van der Waals surface area contributed by atoms with Gasteiger partial charge in [-0.15, -0.1) is 0 Å². The lowest BCUT2D eigenvalue weighted by Gasteiger charge is -2.07. The normalized spacial score (nSPS) is 10.9. The highest BCUT2D eigenvalue weighted by molar-refractivity contribution is 5.77. The molecule has 0 saturated heterocycles. The molecular formula is C15H17N5. The monoisotopic (exact) mass is 267 g/mol. The van der Waals surface area contributed by atoms with Gasteiger partial charge in [0.05, 0.1) is 35.3 Å². The van der Waals surface area contributed by atoms with Crippen molar-refractivity contribution in [2.45, 2.75) is 20.4 Å². The molecule has 5 heteroatoms. The summed E-state index contributed by atoms with van der Waals surface area (Å²) in [4.78, 5) is 8.82. The minimum absolute atomic E-state index is 0.675. The van der Waals surface area contributed by atoms with Gasteiger partial charge in [-0.25, -0.2) is 4.98 Å². The quantitative estimate of drug-likeness (QED) is 0.564. The van der Waals surface area contributed by atoms with E-state index in [2.05, 4.69) is 45.9 Å². The summed E-state index contributed by atoms with van der Waals surface area (Å²) in [7, 11) is 0. The molecule has 3 rings (SSSR count). The number of fused-ring (bicyclic) bond motifs is 1. The molecule has 0 atom stereocenters. The SMILES string of the molecule is Cc1cc2ncn(Cc3cc(NN)ccn3)c2cc1C. The zero-order valence-electron chi connectivity index (χ0n) is 11.6. The predicted octanol–water partition coefficient (Wildman–Crippen LogP) is 2.38. The van der Waals surface area contributed by atoms with Crippen LogP contribution < -0.4 is 11.3 Å². The van der Waals surface area contributed by atoms with Gasteiger partial charge in [-0.05, 0) is 49.2 Å². The maximum atomic E-state index is 5.42.